The number of hydrogen-bond donors (Lipinski definition) is 1. The number of aryl methyl sites for hydroxylation is 2. The maximum absolute atomic E-state index is 12.1. The van der Waals surface area contributed by atoms with Crippen molar-refractivity contribution in [1.29, 1.82) is 0 Å². The summed E-state index contributed by atoms with van der Waals surface area (Å²) in [5.74, 6) is 1.68. The molecule has 1 amide bonds. The van der Waals surface area contributed by atoms with Crippen LogP contribution in [-0.4, -0.2) is 27.2 Å². The zero-order chi connectivity index (χ0) is 18.2. The molecule has 0 radical (unpaired) electrons. The van der Waals surface area contributed by atoms with Crippen LogP contribution in [0, 0.1) is 6.92 Å². The summed E-state index contributed by atoms with van der Waals surface area (Å²) >= 11 is 0. The second kappa shape index (κ2) is 8.97. The molecule has 0 spiro atoms. The molecule has 0 fully saturated rings. The van der Waals surface area contributed by atoms with E-state index in [9.17, 15) is 4.79 Å². The van der Waals surface area contributed by atoms with E-state index < -0.39 is 0 Å². The van der Waals surface area contributed by atoms with E-state index in [-0.39, 0.29) is 5.91 Å². The number of carbonyl (C=O) groups is 1. The Hall–Kier alpha value is -2.69. The molecule has 0 aliphatic carbocycles. The minimum absolute atomic E-state index is 0.00240. The van der Waals surface area contributed by atoms with Gasteiger partial charge in [-0.25, -0.2) is 0 Å². The molecular formula is C20H25NO4. The first-order valence-electron chi connectivity index (χ1n) is 8.19. The maximum Gasteiger partial charge on any atom is 0.220 e. The number of ether oxygens (including phenoxy) is 3. The Bertz CT molecular complexity index is 710. The van der Waals surface area contributed by atoms with Gasteiger partial charge in [-0.1, -0.05) is 29.8 Å². The third kappa shape index (κ3) is 4.89. The van der Waals surface area contributed by atoms with E-state index in [4.69, 9.17) is 14.2 Å². The van der Waals surface area contributed by atoms with Gasteiger partial charge in [0.25, 0.3) is 0 Å². The topological polar surface area (TPSA) is 56.8 Å². The van der Waals surface area contributed by atoms with Crippen molar-refractivity contribution >= 4 is 5.91 Å². The molecule has 0 bridgehead atoms. The Morgan fingerprint density at radius 1 is 0.920 bits per heavy atom. The SMILES string of the molecule is COc1ccc(CNC(=O)CCc2ccc(C)cc2)c(OC)c1OC. The Labute approximate surface area is 148 Å². The highest BCUT2D eigenvalue weighted by atomic mass is 16.5. The van der Waals surface area contributed by atoms with E-state index in [1.165, 1.54) is 5.56 Å². The second-order valence-electron chi connectivity index (χ2n) is 5.76. The average molecular weight is 343 g/mol. The van der Waals surface area contributed by atoms with Crippen LogP contribution in [0.25, 0.3) is 0 Å². The van der Waals surface area contributed by atoms with Gasteiger partial charge in [-0.15, -0.1) is 0 Å². The first-order valence-corrected chi connectivity index (χ1v) is 8.19. The molecule has 2 rings (SSSR count). The molecule has 5 nitrogen and oxygen atoms in total. The first kappa shape index (κ1) is 18.6. The highest BCUT2D eigenvalue weighted by molar-refractivity contribution is 5.76. The molecule has 1 N–H and O–H groups in total. The molecule has 0 aromatic heterocycles. The van der Waals surface area contributed by atoms with Crippen LogP contribution >= 0.6 is 0 Å². The number of rotatable bonds is 8. The van der Waals surface area contributed by atoms with E-state index in [0.29, 0.717) is 30.2 Å². The van der Waals surface area contributed by atoms with Crippen molar-refractivity contribution < 1.29 is 19.0 Å². The lowest BCUT2D eigenvalue weighted by Crippen LogP contribution is -2.23. The van der Waals surface area contributed by atoms with Crippen LogP contribution in [0.3, 0.4) is 0 Å². The summed E-state index contributed by atoms with van der Waals surface area (Å²) in [6, 6.07) is 11.9. The van der Waals surface area contributed by atoms with Gasteiger partial charge in [-0.2, -0.15) is 0 Å². The van der Waals surface area contributed by atoms with Gasteiger partial charge >= 0.3 is 0 Å². The van der Waals surface area contributed by atoms with Crippen LogP contribution in [0.1, 0.15) is 23.1 Å². The summed E-state index contributed by atoms with van der Waals surface area (Å²) in [7, 11) is 4.70. The van der Waals surface area contributed by atoms with Crippen molar-refractivity contribution in [3.8, 4) is 17.2 Å². The van der Waals surface area contributed by atoms with Crippen molar-refractivity contribution in [2.75, 3.05) is 21.3 Å². The predicted molar refractivity (Wildman–Crippen MR) is 97.4 cm³/mol. The molecule has 0 saturated heterocycles. The molecule has 0 unspecified atom stereocenters. The molecule has 0 atom stereocenters. The number of hydrogen-bond acceptors (Lipinski definition) is 4. The zero-order valence-electron chi connectivity index (χ0n) is 15.2. The number of benzene rings is 2. The normalized spacial score (nSPS) is 10.2. The number of amides is 1. The van der Waals surface area contributed by atoms with Crippen LogP contribution in [-0.2, 0) is 17.8 Å². The van der Waals surface area contributed by atoms with E-state index >= 15 is 0 Å². The van der Waals surface area contributed by atoms with Crippen LogP contribution in [0.5, 0.6) is 17.2 Å². The fourth-order valence-corrected chi connectivity index (χ4v) is 2.60. The summed E-state index contributed by atoms with van der Waals surface area (Å²) in [5, 5.41) is 2.93. The van der Waals surface area contributed by atoms with Gasteiger partial charge in [0.2, 0.25) is 11.7 Å². The Morgan fingerprint density at radius 3 is 2.20 bits per heavy atom. The van der Waals surface area contributed by atoms with Crippen LogP contribution in [0.4, 0.5) is 0 Å². The zero-order valence-corrected chi connectivity index (χ0v) is 15.2. The third-order valence-corrected chi connectivity index (χ3v) is 4.02. The first-order chi connectivity index (χ1) is 12.1. The van der Waals surface area contributed by atoms with E-state index in [0.717, 1.165) is 17.5 Å². The minimum Gasteiger partial charge on any atom is -0.493 e. The van der Waals surface area contributed by atoms with Gasteiger partial charge in [0.1, 0.15) is 0 Å². The van der Waals surface area contributed by atoms with Gasteiger partial charge in [0.05, 0.1) is 21.3 Å². The van der Waals surface area contributed by atoms with E-state index in [1.54, 1.807) is 27.4 Å². The number of nitrogens with one attached hydrogen (secondary N) is 1. The molecule has 25 heavy (non-hydrogen) atoms. The molecule has 0 heterocycles. The lowest BCUT2D eigenvalue weighted by molar-refractivity contribution is -0.121. The summed E-state index contributed by atoms with van der Waals surface area (Å²) in [4.78, 5) is 12.1. The van der Waals surface area contributed by atoms with Crippen LogP contribution < -0.4 is 19.5 Å². The molecule has 134 valence electrons. The van der Waals surface area contributed by atoms with Gasteiger partial charge in [0.15, 0.2) is 11.5 Å². The predicted octanol–water partition coefficient (Wildman–Crippen LogP) is 3.27. The molecule has 0 aliphatic heterocycles. The Balaban J connectivity index is 1.96. The van der Waals surface area contributed by atoms with Crippen molar-refractivity contribution in [2.45, 2.75) is 26.3 Å². The number of carbonyl (C=O) groups excluding carboxylic acids is 1. The van der Waals surface area contributed by atoms with Crippen LogP contribution in [0.15, 0.2) is 36.4 Å². The van der Waals surface area contributed by atoms with Crippen LogP contribution in [0.2, 0.25) is 0 Å². The monoisotopic (exact) mass is 343 g/mol. The largest absolute Gasteiger partial charge is 0.493 e. The maximum atomic E-state index is 12.1. The molecular weight excluding hydrogens is 318 g/mol. The number of methoxy groups -OCH3 is 3. The quantitative estimate of drug-likeness (QED) is 0.799. The molecule has 0 saturated carbocycles. The summed E-state index contributed by atoms with van der Waals surface area (Å²) in [6.07, 6.45) is 1.16. The fraction of sp³-hybridized carbons (Fsp3) is 0.350. The molecule has 5 heteroatoms. The highest BCUT2D eigenvalue weighted by Gasteiger charge is 2.16. The van der Waals surface area contributed by atoms with E-state index in [1.807, 2.05) is 13.0 Å². The average Bonchev–Trinajstić information content (AvgIpc) is 2.64. The van der Waals surface area contributed by atoms with Gasteiger partial charge in [-0.05, 0) is 31.0 Å². The van der Waals surface area contributed by atoms with Crippen molar-refractivity contribution in [3.63, 3.8) is 0 Å². The van der Waals surface area contributed by atoms with Crippen molar-refractivity contribution in [2.24, 2.45) is 0 Å². The summed E-state index contributed by atoms with van der Waals surface area (Å²) in [6.45, 7) is 2.42. The summed E-state index contributed by atoms with van der Waals surface area (Å²) in [5.41, 5.74) is 3.21. The lowest BCUT2D eigenvalue weighted by atomic mass is 10.1. The minimum atomic E-state index is -0.00240. The summed E-state index contributed by atoms with van der Waals surface area (Å²) < 4.78 is 16.0. The molecule has 2 aromatic rings. The van der Waals surface area contributed by atoms with Gasteiger partial charge in [0, 0.05) is 18.5 Å². The van der Waals surface area contributed by atoms with Crippen molar-refractivity contribution in [3.05, 3.63) is 53.1 Å². The standard InChI is InChI=1S/C20H25NO4/c1-14-5-7-15(8-6-14)9-12-18(22)21-13-16-10-11-17(23-2)20(25-4)19(16)24-3/h5-8,10-11H,9,12-13H2,1-4H3,(H,21,22). The lowest BCUT2D eigenvalue weighted by Gasteiger charge is -2.16. The van der Waals surface area contributed by atoms with Gasteiger partial charge < -0.3 is 19.5 Å². The van der Waals surface area contributed by atoms with Gasteiger partial charge in [-0.3, -0.25) is 4.79 Å². The Morgan fingerprint density at radius 2 is 1.60 bits per heavy atom. The molecule has 0 aliphatic rings. The van der Waals surface area contributed by atoms with Crippen molar-refractivity contribution in [1.82, 2.24) is 5.32 Å². The highest BCUT2D eigenvalue weighted by Crippen LogP contribution is 2.39. The fourth-order valence-electron chi connectivity index (χ4n) is 2.60. The molecule has 2 aromatic carbocycles. The Kier molecular flexibility index (Phi) is 6.69. The third-order valence-electron chi connectivity index (χ3n) is 4.02. The smallest absolute Gasteiger partial charge is 0.220 e. The second-order valence-corrected chi connectivity index (χ2v) is 5.76. The van der Waals surface area contributed by atoms with E-state index in [2.05, 4.69) is 29.6 Å².